The molecule has 0 radical (unpaired) electrons. The summed E-state index contributed by atoms with van der Waals surface area (Å²) in [5, 5.41) is 11.4. The van der Waals surface area contributed by atoms with Crippen LogP contribution >= 0.6 is 12.2 Å². The highest BCUT2D eigenvalue weighted by Crippen LogP contribution is 2.49. The Morgan fingerprint density at radius 3 is 2.52 bits per heavy atom. The largest absolute Gasteiger partial charge is 0.417 e. The smallest absolute Gasteiger partial charge is 0.355 e. The molecule has 1 N–H and O–H groups in total. The van der Waals surface area contributed by atoms with Crippen LogP contribution in [0.15, 0.2) is 41.6 Å². The van der Waals surface area contributed by atoms with Crippen LogP contribution in [-0.2, 0) is 15.8 Å². The summed E-state index contributed by atoms with van der Waals surface area (Å²) in [5.41, 5.74) is -2.63. The molecule has 2 aliphatic carbocycles. The molecule has 1 unspecified atom stereocenters. The summed E-state index contributed by atoms with van der Waals surface area (Å²) >= 11 is 5.51. The van der Waals surface area contributed by atoms with E-state index in [0.717, 1.165) is 17.0 Å². The number of amides is 2. The van der Waals surface area contributed by atoms with E-state index in [-0.39, 0.29) is 22.8 Å². The van der Waals surface area contributed by atoms with Gasteiger partial charge in [-0.1, -0.05) is 0 Å². The molecule has 1 atom stereocenters. The zero-order valence-corrected chi connectivity index (χ0v) is 18.2. The molecule has 3 aliphatic rings. The fourth-order valence-corrected chi connectivity index (χ4v) is 4.91. The predicted octanol–water partition coefficient (Wildman–Crippen LogP) is 3.73. The second-order valence-electron chi connectivity index (χ2n) is 8.01. The van der Waals surface area contributed by atoms with Gasteiger partial charge in [0.2, 0.25) is 5.91 Å². The Hall–Kier alpha value is -3.26. The van der Waals surface area contributed by atoms with Crippen molar-refractivity contribution >= 4 is 34.8 Å². The van der Waals surface area contributed by atoms with Gasteiger partial charge >= 0.3 is 6.18 Å². The average molecular weight is 478 g/mol. The van der Waals surface area contributed by atoms with Gasteiger partial charge in [-0.25, -0.2) is 4.39 Å². The van der Waals surface area contributed by atoms with Gasteiger partial charge in [0.1, 0.15) is 11.7 Å². The van der Waals surface area contributed by atoms with Crippen LogP contribution in [-0.4, -0.2) is 40.6 Å². The maximum Gasteiger partial charge on any atom is 0.417 e. The molecule has 1 aliphatic heterocycles. The van der Waals surface area contributed by atoms with E-state index >= 15 is 0 Å². The van der Waals surface area contributed by atoms with E-state index in [1.165, 1.54) is 36.2 Å². The molecular formula is C22H18F4N4O2S. The molecular weight excluding hydrogens is 460 g/mol. The molecule has 33 heavy (non-hydrogen) atoms. The lowest BCUT2D eigenvalue weighted by Crippen LogP contribution is -2.54. The number of hydrogen-bond acceptors (Lipinski definition) is 4. The highest BCUT2D eigenvalue weighted by atomic mass is 32.1. The van der Waals surface area contributed by atoms with E-state index in [1.807, 2.05) is 0 Å². The number of carbonyl (C=O) groups excluding carboxylic acids is 2. The maximum absolute atomic E-state index is 14.8. The van der Waals surface area contributed by atoms with Crippen LogP contribution < -0.4 is 10.2 Å². The zero-order chi connectivity index (χ0) is 24.1. The summed E-state index contributed by atoms with van der Waals surface area (Å²) in [6.45, 7) is 0. The SMILES string of the molecule is CNC(=O)C1=CC=C(N2C(=S)N(c3ccc(C#N)c(C(F)(F)F)c3)C(=O)C23CCC3)CC1F. The average Bonchev–Trinajstić information content (AvgIpc) is 2.98. The lowest BCUT2D eigenvalue weighted by atomic mass is 9.75. The highest BCUT2D eigenvalue weighted by molar-refractivity contribution is 7.80. The second kappa shape index (κ2) is 7.95. The van der Waals surface area contributed by atoms with Gasteiger partial charge < -0.3 is 10.2 Å². The number of hydrogen-bond donors (Lipinski definition) is 1. The first-order valence-corrected chi connectivity index (χ1v) is 10.5. The van der Waals surface area contributed by atoms with Gasteiger partial charge in [-0.2, -0.15) is 18.4 Å². The van der Waals surface area contributed by atoms with Crippen LogP contribution in [0, 0.1) is 11.3 Å². The minimum Gasteiger partial charge on any atom is -0.355 e. The molecule has 2 amide bonds. The standard InChI is InChI=1S/C22H18F4N4O2S/c1-28-18(31)15-6-5-14(10-17(15)23)30-20(33)29(19(32)21(30)7-2-8-21)13-4-3-12(11-27)16(9-13)22(24,25)26/h3-6,9,17H,2,7-8,10H2,1H3,(H,28,31). The molecule has 1 aromatic carbocycles. The summed E-state index contributed by atoms with van der Waals surface area (Å²) in [6, 6.07) is 4.48. The Morgan fingerprint density at radius 1 is 1.30 bits per heavy atom. The maximum atomic E-state index is 14.8. The summed E-state index contributed by atoms with van der Waals surface area (Å²) in [7, 11) is 1.39. The zero-order valence-electron chi connectivity index (χ0n) is 17.4. The van der Waals surface area contributed by atoms with Gasteiger partial charge in [0.05, 0.1) is 28.5 Å². The van der Waals surface area contributed by atoms with Crippen LogP contribution in [0.5, 0.6) is 0 Å². The van der Waals surface area contributed by atoms with Crippen LogP contribution in [0.2, 0.25) is 0 Å². The fourth-order valence-electron chi connectivity index (χ4n) is 4.43. The van der Waals surface area contributed by atoms with E-state index in [4.69, 9.17) is 17.5 Å². The third-order valence-corrected chi connectivity index (χ3v) is 6.60. The number of alkyl halides is 4. The summed E-state index contributed by atoms with van der Waals surface area (Å²) in [4.78, 5) is 27.8. The molecule has 4 rings (SSSR count). The topological polar surface area (TPSA) is 76.4 Å². The number of nitriles is 1. The normalized spacial score (nSPS) is 22.0. The molecule has 1 aromatic rings. The van der Waals surface area contributed by atoms with Crippen LogP contribution in [0.4, 0.5) is 23.2 Å². The van der Waals surface area contributed by atoms with Gasteiger partial charge in [0.25, 0.3) is 5.91 Å². The number of likely N-dealkylation sites (N-methyl/N-ethyl adjacent to an activating group) is 1. The summed E-state index contributed by atoms with van der Waals surface area (Å²) in [5.74, 6) is -1.05. The number of halogens is 4. The minimum absolute atomic E-state index is 0.0564. The Morgan fingerprint density at radius 2 is 2.00 bits per heavy atom. The molecule has 2 fully saturated rings. The monoisotopic (exact) mass is 478 g/mol. The molecule has 0 bridgehead atoms. The number of thiocarbonyl (C=S) groups is 1. The molecule has 1 spiro atoms. The van der Waals surface area contributed by atoms with Crippen molar-refractivity contribution in [2.45, 2.75) is 43.6 Å². The Labute approximate surface area is 192 Å². The van der Waals surface area contributed by atoms with Crippen molar-refractivity contribution in [2.75, 3.05) is 11.9 Å². The summed E-state index contributed by atoms with van der Waals surface area (Å²) in [6.07, 6.45) is -2.27. The van der Waals surface area contributed by atoms with Gasteiger partial charge in [-0.05, 0) is 61.8 Å². The lowest BCUT2D eigenvalue weighted by Gasteiger charge is -2.44. The molecule has 0 aromatic heterocycles. The Bertz CT molecular complexity index is 1160. The van der Waals surface area contributed by atoms with E-state index in [2.05, 4.69) is 5.32 Å². The number of allylic oxidation sites excluding steroid dienone is 3. The molecule has 1 saturated carbocycles. The first kappa shape index (κ1) is 22.9. The van der Waals surface area contributed by atoms with E-state index < -0.39 is 40.8 Å². The van der Waals surface area contributed by atoms with Crippen molar-refractivity contribution in [1.82, 2.24) is 10.2 Å². The number of anilines is 1. The van der Waals surface area contributed by atoms with Gasteiger partial charge in [0, 0.05) is 19.2 Å². The van der Waals surface area contributed by atoms with Crippen molar-refractivity contribution in [1.29, 1.82) is 5.26 Å². The summed E-state index contributed by atoms with van der Waals surface area (Å²) < 4.78 is 55.2. The second-order valence-corrected chi connectivity index (χ2v) is 8.38. The van der Waals surface area contributed by atoms with Crippen LogP contribution in [0.3, 0.4) is 0 Å². The van der Waals surface area contributed by atoms with Crippen molar-refractivity contribution < 1.29 is 27.2 Å². The van der Waals surface area contributed by atoms with Crippen LogP contribution in [0.25, 0.3) is 0 Å². The minimum atomic E-state index is -4.80. The quantitative estimate of drug-likeness (QED) is 0.529. The first-order valence-electron chi connectivity index (χ1n) is 10.1. The van der Waals surface area contributed by atoms with Crippen LogP contribution in [0.1, 0.15) is 36.8 Å². The third-order valence-electron chi connectivity index (χ3n) is 6.24. The highest BCUT2D eigenvalue weighted by Gasteiger charge is 2.60. The molecule has 1 heterocycles. The lowest BCUT2D eigenvalue weighted by molar-refractivity contribution is -0.137. The van der Waals surface area contributed by atoms with E-state index in [9.17, 15) is 27.2 Å². The number of nitrogens with one attached hydrogen (secondary N) is 1. The number of rotatable bonds is 3. The molecule has 1 saturated heterocycles. The number of carbonyl (C=O) groups is 2. The number of nitrogens with zero attached hydrogens (tertiary/aromatic N) is 3. The van der Waals surface area contributed by atoms with E-state index in [1.54, 1.807) is 0 Å². The van der Waals surface area contributed by atoms with Crippen molar-refractivity contribution in [3.05, 3.63) is 52.7 Å². The van der Waals surface area contributed by atoms with Crippen molar-refractivity contribution in [3.8, 4) is 6.07 Å². The van der Waals surface area contributed by atoms with Gasteiger partial charge in [-0.15, -0.1) is 0 Å². The predicted molar refractivity (Wildman–Crippen MR) is 114 cm³/mol. The Balaban J connectivity index is 1.77. The molecule has 6 nitrogen and oxygen atoms in total. The number of benzene rings is 1. The van der Waals surface area contributed by atoms with Crippen molar-refractivity contribution in [3.63, 3.8) is 0 Å². The Kier molecular flexibility index (Phi) is 5.52. The van der Waals surface area contributed by atoms with Gasteiger partial charge in [-0.3, -0.25) is 14.5 Å². The third kappa shape index (κ3) is 3.49. The van der Waals surface area contributed by atoms with Gasteiger partial charge in [0.15, 0.2) is 5.11 Å². The molecule has 172 valence electrons. The first-order chi connectivity index (χ1) is 15.5. The van der Waals surface area contributed by atoms with E-state index in [0.29, 0.717) is 25.0 Å². The molecule has 11 heteroatoms. The fraction of sp³-hybridized carbons (Fsp3) is 0.364. The van der Waals surface area contributed by atoms with Crippen molar-refractivity contribution in [2.24, 2.45) is 0 Å².